The highest BCUT2D eigenvalue weighted by Crippen LogP contribution is 2.30. The second-order valence-corrected chi connectivity index (χ2v) is 6.41. The highest BCUT2D eigenvalue weighted by atomic mass is 19.1. The number of nitrogens with two attached hydrogens (primary N) is 2. The molecule has 2 heterocycles. The normalized spacial score (nSPS) is 18.8. The van der Waals surface area contributed by atoms with Gasteiger partial charge in [0.1, 0.15) is 6.29 Å². The van der Waals surface area contributed by atoms with Crippen LogP contribution < -0.4 is 16.5 Å². The zero-order valence-corrected chi connectivity index (χ0v) is 14.7. The lowest BCUT2D eigenvalue weighted by Gasteiger charge is -2.34. The second kappa shape index (κ2) is 8.26. The zero-order valence-electron chi connectivity index (χ0n) is 14.7. The van der Waals surface area contributed by atoms with Crippen molar-refractivity contribution in [3.8, 4) is 0 Å². The summed E-state index contributed by atoms with van der Waals surface area (Å²) in [6, 6.07) is 1.26. The fourth-order valence-corrected chi connectivity index (χ4v) is 3.28. The van der Waals surface area contributed by atoms with Gasteiger partial charge in [0.15, 0.2) is 5.82 Å². The van der Waals surface area contributed by atoms with E-state index >= 15 is 0 Å². The van der Waals surface area contributed by atoms with Crippen molar-refractivity contribution in [3.05, 3.63) is 29.0 Å². The minimum atomic E-state index is -0.422. The van der Waals surface area contributed by atoms with E-state index < -0.39 is 5.82 Å². The van der Waals surface area contributed by atoms with Gasteiger partial charge < -0.3 is 25.5 Å². The molecule has 1 saturated heterocycles. The number of nitrogens with zero attached hydrogens (tertiary/aromatic N) is 3. The van der Waals surface area contributed by atoms with Crippen LogP contribution in [0.2, 0.25) is 0 Å². The first-order chi connectivity index (χ1) is 11.9. The second-order valence-electron chi connectivity index (χ2n) is 6.41. The molecule has 0 spiro atoms. The molecule has 5 N–H and O–H groups in total. The minimum absolute atomic E-state index is 0.138. The maximum atomic E-state index is 14.8. The van der Waals surface area contributed by atoms with Crippen LogP contribution in [0.5, 0.6) is 0 Å². The van der Waals surface area contributed by atoms with Gasteiger partial charge >= 0.3 is 0 Å². The number of anilines is 1. The van der Waals surface area contributed by atoms with Crippen molar-refractivity contribution in [1.82, 2.24) is 9.99 Å². The number of hydrazine groups is 1. The largest absolute Gasteiger partial charge is 0.395 e. The number of aliphatic hydroxyl groups is 1. The lowest BCUT2D eigenvalue weighted by Crippen LogP contribution is -2.37. The van der Waals surface area contributed by atoms with E-state index in [0.717, 1.165) is 25.7 Å². The van der Waals surface area contributed by atoms with E-state index in [1.54, 1.807) is 6.92 Å². The molecule has 7 nitrogen and oxygen atoms in total. The lowest BCUT2D eigenvalue weighted by molar-refractivity contribution is -0.108. The maximum Gasteiger partial charge on any atom is 0.150 e. The summed E-state index contributed by atoms with van der Waals surface area (Å²) >= 11 is 0. The Morgan fingerprint density at radius 2 is 2.32 bits per heavy atom. The Morgan fingerprint density at radius 3 is 2.88 bits per heavy atom. The van der Waals surface area contributed by atoms with Crippen LogP contribution in [0.15, 0.2) is 11.8 Å². The Balaban J connectivity index is 2.36. The Bertz CT molecular complexity index is 639. The summed E-state index contributed by atoms with van der Waals surface area (Å²) in [5.41, 5.74) is 7.60. The van der Waals surface area contributed by atoms with Gasteiger partial charge in [-0.1, -0.05) is 0 Å². The molecule has 0 aliphatic carbocycles. The van der Waals surface area contributed by atoms with E-state index in [1.807, 2.05) is 4.90 Å². The predicted octanol–water partition coefficient (Wildman–Crippen LogP) is 0.760. The van der Waals surface area contributed by atoms with Gasteiger partial charge in [-0.15, -0.1) is 0 Å². The fraction of sp³-hybridized carbons (Fsp3) is 0.529. The van der Waals surface area contributed by atoms with Crippen LogP contribution >= 0.6 is 0 Å². The van der Waals surface area contributed by atoms with E-state index in [1.165, 1.54) is 18.1 Å². The number of pyridine rings is 1. The molecule has 1 aliphatic heterocycles. The quantitative estimate of drug-likeness (QED) is 0.394. The van der Waals surface area contributed by atoms with Gasteiger partial charge in [0.2, 0.25) is 0 Å². The van der Waals surface area contributed by atoms with Crippen LogP contribution in [-0.4, -0.2) is 48.1 Å². The van der Waals surface area contributed by atoms with Gasteiger partial charge in [-0.2, -0.15) is 0 Å². The molecule has 138 valence electrons. The van der Waals surface area contributed by atoms with E-state index in [2.05, 4.69) is 4.98 Å². The third-order valence-corrected chi connectivity index (χ3v) is 4.55. The number of carbonyl (C=O) groups excluding carboxylic acids is 1. The Morgan fingerprint density at radius 1 is 1.60 bits per heavy atom. The summed E-state index contributed by atoms with van der Waals surface area (Å²) in [6.07, 6.45) is 3.29. The van der Waals surface area contributed by atoms with Gasteiger partial charge in [-0.25, -0.2) is 15.2 Å². The first-order valence-corrected chi connectivity index (χ1v) is 8.33. The number of aryl methyl sites for hydroxylation is 1. The highest BCUT2D eigenvalue weighted by molar-refractivity contribution is 5.66. The van der Waals surface area contributed by atoms with Gasteiger partial charge in [0.05, 0.1) is 35.1 Å². The van der Waals surface area contributed by atoms with Gasteiger partial charge in [-0.05, 0) is 25.7 Å². The first kappa shape index (κ1) is 19.1. The highest BCUT2D eigenvalue weighted by Gasteiger charge is 2.24. The molecule has 1 atom stereocenters. The number of likely N-dealkylation sites (N-methyl/N-ethyl adjacent to an activating group) is 1. The molecule has 0 aromatic carbocycles. The molecule has 0 bridgehead atoms. The SMILES string of the molecule is Cc1nc(/C(N)=C(\CO)N(C)N)cc(F)c1N1CCCC(CC=O)C1. The standard InChI is InChI=1S/C17H26FN5O2/c1-11-17(23-6-3-4-12(9-23)5-7-24)13(18)8-14(21-11)16(19)15(10-25)22(2)20/h7-8,12,25H,3-6,9-10,19-20H2,1-2H3/b16-15-. The summed E-state index contributed by atoms with van der Waals surface area (Å²) in [7, 11) is 1.54. The molecule has 0 radical (unpaired) electrons. The molecule has 1 fully saturated rings. The molecule has 25 heavy (non-hydrogen) atoms. The number of carbonyl (C=O) groups is 1. The third kappa shape index (κ3) is 4.26. The minimum Gasteiger partial charge on any atom is -0.395 e. The third-order valence-electron chi connectivity index (χ3n) is 4.55. The van der Waals surface area contributed by atoms with Crippen molar-refractivity contribution in [2.24, 2.45) is 17.5 Å². The molecule has 0 saturated carbocycles. The zero-order chi connectivity index (χ0) is 18.6. The summed E-state index contributed by atoms with van der Waals surface area (Å²) in [4.78, 5) is 17.1. The van der Waals surface area contributed by atoms with Crippen LogP contribution in [0.25, 0.3) is 5.70 Å². The number of hydrogen-bond acceptors (Lipinski definition) is 7. The lowest BCUT2D eigenvalue weighted by atomic mass is 9.95. The molecule has 1 aromatic heterocycles. The van der Waals surface area contributed by atoms with E-state index in [9.17, 15) is 14.3 Å². The Hall–Kier alpha value is -2.19. The van der Waals surface area contributed by atoms with Gasteiger partial charge in [0, 0.05) is 32.6 Å². The summed E-state index contributed by atoms with van der Waals surface area (Å²) in [6.45, 7) is 2.72. The molecule has 0 amide bonds. The number of aromatic nitrogens is 1. The molecular weight excluding hydrogens is 325 g/mol. The molecule has 1 unspecified atom stereocenters. The van der Waals surface area contributed by atoms with Gasteiger partial charge in [-0.3, -0.25) is 0 Å². The number of hydrogen-bond donors (Lipinski definition) is 3. The van der Waals surface area contributed by atoms with E-state index in [0.29, 0.717) is 24.3 Å². The topological polar surface area (TPSA) is 109 Å². The van der Waals surface area contributed by atoms with Crippen LogP contribution in [-0.2, 0) is 4.79 Å². The average Bonchev–Trinajstić information content (AvgIpc) is 2.55. The molecular formula is C17H26FN5O2. The number of piperidine rings is 1. The first-order valence-electron chi connectivity index (χ1n) is 8.33. The molecule has 8 heteroatoms. The number of aliphatic hydroxyl groups excluding tert-OH is 1. The average molecular weight is 351 g/mol. The van der Waals surface area contributed by atoms with Crippen molar-refractivity contribution in [3.63, 3.8) is 0 Å². The van der Waals surface area contributed by atoms with Crippen molar-refractivity contribution < 1.29 is 14.3 Å². The monoisotopic (exact) mass is 351 g/mol. The van der Waals surface area contributed by atoms with Crippen LogP contribution in [0.3, 0.4) is 0 Å². The predicted molar refractivity (Wildman–Crippen MR) is 94.7 cm³/mol. The van der Waals surface area contributed by atoms with Crippen molar-refractivity contribution >= 4 is 17.7 Å². The number of halogens is 1. The number of rotatable bonds is 6. The van der Waals surface area contributed by atoms with Crippen molar-refractivity contribution in [2.45, 2.75) is 26.2 Å². The van der Waals surface area contributed by atoms with E-state index in [4.69, 9.17) is 11.6 Å². The maximum absolute atomic E-state index is 14.8. The van der Waals surface area contributed by atoms with Crippen molar-refractivity contribution in [2.75, 3.05) is 31.6 Å². The van der Waals surface area contributed by atoms with Crippen LogP contribution in [0.1, 0.15) is 30.7 Å². The van der Waals surface area contributed by atoms with E-state index in [-0.39, 0.29) is 29.6 Å². The fourth-order valence-electron chi connectivity index (χ4n) is 3.28. The summed E-state index contributed by atoms with van der Waals surface area (Å²) in [5, 5.41) is 10.6. The molecule has 1 aliphatic rings. The van der Waals surface area contributed by atoms with Crippen LogP contribution in [0, 0.1) is 18.7 Å². The van der Waals surface area contributed by atoms with Gasteiger partial charge in [0.25, 0.3) is 0 Å². The molecule has 1 aromatic rings. The summed E-state index contributed by atoms with van der Waals surface area (Å²) < 4.78 is 14.8. The smallest absolute Gasteiger partial charge is 0.150 e. The molecule has 2 rings (SSSR count). The Kier molecular flexibility index (Phi) is 6.33. The Labute approximate surface area is 147 Å². The van der Waals surface area contributed by atoms with Crippen LogP contribution in [0.4, 0.5) is 10.1 Å². The van der Waals surface area contributed by atoms with Crippen molar-refractivity contribution in [1.29, 1.82) is 0 Å². The number of aldehydes is 1. The summed E-state index contributed by atoms with van der Waals surface area (Å²) in [5.74, 6) is 5.44.